The standard InChI is InChI=1S/C13H22N2O2/c1-8-6-10(16)7-9(2)12(8)13(17)11(14)4-5-15-3/h6-7,11,13,15-17H,4-5,14H2,1-3H3. The van der Waals surface area contributed by atoms with Crippen molar-refractivity contribution >= 4 is 0 Å². The Labute approximate surface area is 102 Å². The fourth-order valence-corrected chi connectivity index (χ4v) is 2.10. The number of nitrogens with one attached hydrogen (secondary N) is 1. The second-order valence-corrected chi connectivity index (χ2v) is 4.49. The fourth-order valence-electron chi connectivity index (χ4n) is 2.10. The van der Waals surface area contributed by atoms with Gasteiger partial charge < -0.3 is 21.3 Å². The maximum absolute atomic E-state index is 10.2. The summed E-state index contributed by atoms with van der Waals surface area (Å²) in [5.41, 5.74) is 8.52. The van der Waals surface area contributed by atoms with Gasteiger partial charge >= 0.3 is 0 Å². The number of rotatable bonds is 5. The molecule has 2 atom stereocenters. The lowest BCUT2D eigenvalue weighted by atomic mass is 9.92. The van der Waals surface area contributed by atoms with Crippen LogP contribution in [0.4, 0.5) is 0 Å². The van der Waals surface area contributed by atoms with Gasteiger partial charge in [0, 0.05) is 6.04 Å². The molecule has 0 spiro atoms. The molecular weight excluding hydrogens is 216 g/mol. The maximum Gasteiger partial charge on any atom is 0.116 e. The van der Waals surface area contributed by atoms with E-state index in [0.717, 1.165) is 23.2 Å². The third-order valence-corrected chi connectivity index (χ3v) is 3.01. The third kappa shape index (κ3) is 3.43. The van der Waals surface area contributed by atoms with E-state index in [2.05, 4.69) is 5.32 Å². The largest absolute Gasteiger partial charge is 0.508 e. The molecule has 1 aromatic rings. The Bertz CT molecular complexity index is 357. The molecule has 5 N–H and O–H groups in total. The van der Waals surface area contributed by atoms with Crippen molar-refractivity contribution in [2.45, 2.75) is 32.4 Å². The van der Waals surface area contributed by atoms with Crippen LogP contribution in [0.2, 0.25) is 0 Å². The van der Waals surface area contributed by atoms with E-state index >= 15 is 0 Å². The summed E-state index contributed by atoms with van der Waals surface area (Å²) in [6, 6.07) is 3.00. The number of aliphatic hydroxyl groups excluding tert-OH is 1. The van der Waals surface area contributed by atoms with Gasteiger partial charge in [0.15, 0.2) is 0 Å². The number of aromatic hydroxyl groups is 1. The molecule has 0 bridgehead atoms. The van der Waals surface area contributed by atoms with Crippen molar-refractivity contribution in [3.63, 3.8) is 0 Å². The van der Waals surface area contributed by atoms with Crippen LogP contribution in [0.5, 0.6) is 5.75 Å². The number of hydrogen-bond acceptors (Lipinski definition) is 4. The molecule has 0 heterocycles. The number of phenolic OH excluding ortho intramolecular Hbond substituents is 1. The van der Waals surface area contributed by atoms with Gasteiger partial charge in [0.05, 0.1) is 6.10 Å². The van der Waals surface area contributed by atoms with Gasteiger partial charge in [-0.3, -0.25) is 0 Å². The number of nitrogens with two attached hydrogens (primary N) is 1. The Morgan fingerprint density at radius 3 is 2.29 bits per heavy atom. The number of hydrogen-bond donors (Lipinski definition) is 4. The Balaban J connectivity index is 2.91. The molecule has 0 saturated heterocycles. The molecule has 2 unspecified atom stereocenters. The highest BCUT2D eigenvalue weighted by Gasteiger charge is 2.20. The SMILES string of the molecule is CNCCC(N)C(O)c1c(C)cc(O)cc1C. The predicted octanol–water partition coefficient (Wildman–Crippen LogP) is 0.979. The molecule has 0 aliphatic heterocycles. The zero-order chi connectivity index (χ0) is 13.0. The highest BCUT2D eigenvalue weighted by molar-refractivity contribution is 5.42. The molecule has 4 nitrogen and oxygen atoms in total. The van der Waals surface area contributed by atoms with Gasteiger partial charge in [-0.1, -0.05) is 0 Å². The van der Waals surface area contributed by atoms with E-state index in [4.69, 9.17) is 5.73 Å². The van der Waals surface area contributed by atoms with E-state index < -0.39 is 6.10 Å². The molecule has 0 amide bonds. The van der Waals surface area contributed by atoms with E-state index in [9.17, 15) is 10.2 Å². The number of benzene rings is 1. The van der Waals surface area contributed by atoms with Crippen LogP contribution < -0.4 is 11.1 Å². The monoisotopic (exact) mass is 238 g/mol. The summed E-state index contributed by atoms with van der Waals surface area (Å²) in [5, 5.41) is 22.7. The van der Waals surface area contributed by atoms with E-state index in [-0.39, 0.29) is 11.8 Å². The molecule has 96 valence electrons. The third-order valence-electron chi connectivity index (χ3n) is 3.01. The molecule has 17 heavy (non-hydrogen) atoms. The molecule has 0 aliphatic carbocycles. The molecule has 0 saturated carbocycles. The van der Waals surface area contributed by atoms with Gasteiger partial charge in [-0.2, -0.15) is 0 Å². The Morgan fingerprint density at radius 2 is 1.82 bits per heavy atom. The lowest BCUT2D eigenvalue weighted by Gasteiger charge is -2.22. The van der Waals surface area contributed by atoms with Gasteiger partial charge in [-0.25, -0.2) is 0 Å². The Morgan fingerprint density at radius 1 is 1.29 bits per heavy atom. The average Bonchev–Trinajstić information content (AvgIpc) is 2.24. The fraction of sp³-hybridized carbons (Fsp3) is 0.538. The number of phenols is 1. The van der Waals surface area contributed by atoms with Crippen LogP contribution in [0.25, 0.3) is 0 Å². The van der Waals surface area contributed by atoms with Gasteiger partial charge in [0.1, 0.15) is 5.75 Å². The summed E-state index contributed by atoms with van der Waals surface area (Å²) in [6.45, 7) is 4.51. The zero-order valence-corrected chi connectivity index (χ0v) is 10.7. The molecule has 4 heteroatoms. The van der Waals surface area contributed by atoms with E-state index in [1.165, 1.54) is 0 Å². The van der Waals surface area contributed by atoms with Crippen LogP contribution in [0.3, 0.4) is 0 Å². The number of aryl methyl sites for hydroxylation is 2. The van der Waals surface area contributed by atoms with Crippen molar-refractivity contribution in [3.8, 4) is 5.75 Å². The highest BCUT2D eigenvalue weighted by atomic mass is 16.3. The van der Waals surface area contributed by atoms with Crippen molar-refractivity contribution in [1.82, 2.24) is 5.32 Å². The van der Waals surface area contributed by atoms with Crippen LogP contribution in [-0.4, -0.2) is 29.8 Å². The summed E-state index contributed by atoms with van der Waals surface area (Å²) in [5.74, 6) is 0.222. The molecule has 0 radical (unpaired) electrons. The van der Waals surface area contributed by atoms with Gasteiger partial charge in [-0.05, 0) is 62.7 Å². The minimum absolute atomic E-state index is 0.222. The Hall–Kier alpha value is -1.10. The van der Waals surface area contributed by atoms with Crippen molar-refractivity contribution in [2.75, 3.05) is 13.6 Å². The molecule has 0 fully saturated rings. The second-order valence-electron chi connectivity index (χ2n) is 4.49. The Kier molecular flexibility index (Phi) is 4.93. The summed E-state index contributed by atoms with van der Waals surface area (Å²) < 4.78 is 0. The van der Waals surface area contributed by atoms with Crippen LogP contribution in [-0.2, 0) is 0 Å². The van der Waals surface area contributed by atoms with Crippen molar-refractivity contribution in [3.05, 3.63) is 28.8 Å². The topological polar surface area (TPSA) is 78.5 Å². The summed E-state index contributed by atoms with van der Waals surface area (Å²) in [7, 11) is 1.86. The first kappa shape index (κ1) is 14.0. The lowest BCUT2D eigenvalue weighted by molar-refractivity contribution is 0.141. The summed E-state index contributed by atoms with van der Waals surface area (Å²) in [4.78, 5) is 0. The normalized spacial score (nSPS) is 14.6. The van der Waals surface area contributed by atoms with E-state index in [0.29, 0.717) is 6.42 Å². The van der Waals surface area contributed by atoms with Crippen molar-refractivity contribution < 1.29 is 10.2 Å². The van der Waals surface area contributed by atoms with Crippen LogP contribution >= 0.6 is 0 Å². The number of aliphatic hydroxyl groups is 1. The predicted molar refractivity (Wildman–Crippen MR) is 69.1 cm³/mol. The molecule has 0 aromatic heterocycles. The quantitative estimate of drug-likeness (QED) is 0.616. The first-order valence-electron chi connectivity index (χ1n) is 5.85. The maximum atomic E-state index is 10.2. The van der Waals surface area contributed by atoms with E-state index in [1.54, 1.807) is 12.1 Å². The van der Waals surface area contributed by atoms with E-state index in [1.807, 2.05) is 20.9 Å². The van der Waals surface area contributed by atoms with Crippen LogP contribution in [0, 0.1) is 13.8 Å². The second kappa shape index (κ2) is 6.00. The average molecular weight is 238 g/mol. The first-order valence-corrected chi connectivity index (χ1v) is 5.85. The minimum Gasteiger partial charge on any atom is -0.508 e. The summed E-state index contributed by atoms with van der Waals surface area (Å²) in [6.07, 6.45) is 0.0150. The van der Waals surface area contributed by atoms with Gasteiger partial charge in [0.25, 0.3) is 0 Å². The first-order chi connectivity index (χ1) is 7.97. The minimum atomic E-state index is -0.691. The van der Waals surface area contributed by atoms with Gasteiger partial charge in [0.2, 0.25) is 0 Å². The highest BCUT2D eigenvalue weighted by Crippen LogP contribution is 2.28. The zero-order valence-electron chi connectivity index (χ0n) is 10.7. The molecule has 0 aliphatic rings. The van der Waals surface area contributed by atoms with Crippen LogP contribution in [0.15, 0.2) is 12.1 Å². The molecule has 1 rings (SSSR count). The molecular formula is C13H22N2O2. The smallest absolute Gasteiger partial charge is 0.116 e. The lowest BCUT2D eigenvalue weighted by Crippen LogP contribution is -2.32. The van der Waals surface area contributed by atoms with Crippen molar-refractivity contribution in [2.24, 2.45) is 5.73 Å². The van der Waals surface area contributed by atoms with Crippen LogP contribution in [0.1, 0.15) is 29.2 Å². The molecule has 1 aromatic carbocycles. The van der Waals surface area contributed by atoms with Gasteiger partial charge in [-0.15, -0.1) is 0 Å². The van der Waals surface area contributed by atoms with Crippen molar-refractivity contribution in [1.29, 1.82) is 0 Å². The summed E-state index contributed by atoms with van der Waals surface area (Å²) >= 11 is 0.